The van der Waals surface area contributed by atoms with E-state index in [0.29, 0.717) is 5.56 Å². The maximum atomic E-state index is 13.5. The van der Waals surface area contributed by atoms with Crippen LogP contribution in [0.5, 0.6) is 0 Å². The van der Waals surface area contributed by atoms with Crippen LogP contribution in [0.4, 0.5) is 0 Å². The summed E-state index contributed by atoms with van der Waals surface area (Å²) in [4.78, 5) is 67.0. The van der Waals surface area contributed by atoms with Crippen LogP contribution in [-0.4, -0.2) is 87.6 Å². The average molecular weight is 570 g/mol. The maximum absolute atomic E-state index is 13.5. The van der Waals surface area contributed by atoms with Gasteiger partial charge in [0.15, 0.2) is 0 Å². The van der Waals surface area contributed by atoms with Crippen molar-refractivity contribution in [3.8, 4) is 0 Å². The molecule has 0 bridgehead atoms. The van der Waals surface area contributed by atoms with E-state index in [0.717, 1.165) is 0 Å². The van der Waals surface area contributed by atoms with Crippen molar-refractivity contribution in [1.29, 1.82) is 0 Å². The number of hydrogen-bond acceptors (Lipinski definition) is 6. The number of benzene rings is 1. The van der Waals surface area contributed by atoms with Gasteiger partial charge in [0, 0.05) is 6.54 Å². The molecular formula is C25H33Cl2N5O6. The first kappa shape index (κ1) is 29.7. The SMILES string of the molecule is CC[C@@H]1NC(=O)C[C@@H](c2ccccc2)NC(=O)[C@H](CO)NC(=O)[C@@H](CC)NC(=O)[C@@H]2[C@@H](Cl)[C@H](Cl)CN2C1=O. The van der Waals surface area contributed by atoms with Gasteiger partial charge in [0.05, 0.1) is 29.8 Å². The van der Waals surface area contributed by atoms with E-state index in [4.69, 9.17) is 23.2 Å². The number of hydrogen-bond donors (Lipinski definition) is 5. The molecule has 11 nitrogen and oxygen atoms in total. The number of amides is 5. The quantitative estimate of drug-likeness (QED) is 0.320. The standard InChI is InChI=1S/C25H33Cl2N5O6/c1-3-15-22(35)31-18(12-33)23(36)30-17(13-8-6-5-7-9-13)10-19(34)28-16(4-2)25(38)32-11-14(26)20(27)21(32)24(37)29-15/h5-9,14-18,20-21,33H,3-4,10-12H2,1-2H3,(H,28,34)(H,29,37)(H,30,36)(H,31,35)/t14-,15-,16+,17+,18+,20+,21+/m1/s1. The third-order valence-corrected chi connectivity index (χ3v) is 7.79. The highest BCUT2D eigenvalue weighted by Crippen LogP contribution is 2.29. The van der Waals surface area contributed by atoms with E-state index in [1.807, 2.05) is 0 Å². The van der Waals surface area contributed by atoms with Crippen molar-refractivity contribution < 1.29 is 29.1 Å². The first-order chi connectivity index (χ1) is 18.1. The minimum Gasteiger partial charge on any atom is -0.394 e. The Labute approximate surface area is 231 Å². The Balaban J connectivity index is 2.00. The fraction of sp³-hybridized carbons (Fsp3) is 0.560. The molecule has 1 aromatic rings. The van der Waals surface area contributed by atoms with Crippen LogP contribution in [0.25, 0.3) is 0 Å². The summed E-state index contributed by atoms with van der Waals surface area (Å²) in [6.07, 6.45) is 0.170. The van der Waals surface area contributed by atoms with E-state index in [9.17, 15) is 29.1 Å². The number of alkyl halides is 2. The highest BCUT2D eigenvalue weighted by molar-refractivity contribution is 6.32. The summed E-state index contributed by atoms with van der Waals surface area (Å²) in [5.41, 5.74) is 0.618. The molecule has 7 atom stereocenters. The second kappa shape index (κ2) is 13.3. The number of aliphatic hydroxyl groups excluding tert-OH is 1. The number of halogens is 2. The van der Waals surface area contributed by atoms with Crippen LogP contribution in [0.1, 0.15) is 44.7 Å². The largest absolute Gasteiger partial charge is 0.394 e. The van der Waals surface area contributed by atoms with Crippen molar-refractivity contribution in [3.05, 3.63) is 35.9 Å². The van der Waals surface area contributed by atoms with E-state index in [1.165, 1.54) is 4.90 Å². The Kier molecular flexibility index (Phi) is 10.3. The lowest BCUT2D eigenvalue weighted by molar-refractivity contribution is -0.142. The van der Waals surface area contributed by atoms with E-state index in [-0.39, 0.29) is 25.8 Å². The molecule has 0 aromatic heterocycles. The molecular weight excluding hydrogens is 537 g/mol. The van der Waals surface area contributed by atoms with Gasteiger partial charge in [-0.2, -0.15) is 0 Å². The van der Waals surface area contributed by atoms with Crippen molar-refractivity contribution in [2.45, 2.75) is 74.1 Å². The predicted octanol–water partition coefficient (Wildman–Crippen LogP) is -0.0601. The molecule has 0 spiro atoms. The second-order valence-corrected chi connectivity index (χ2v) is 10.4. The van der Waals surface area contributed by atoms with Gasteiger partial charge in [0.25, 0.3) is 0 Å². The van der Waals surface area contributed by atoms with Crippen molar-refractivity contribution in [2.24, 2.45) is 0 Å². The number of aliphatic hydroxyl groups is 1. The minimum absolute atomic E-state index is 0.0166. The molecule has 208 valence electrons. The van der Waals surface area contributed by atoms with Crippen molar-refractivity contribution >= 4 is 52.7 Å². The fourth-order valence-electron chi connectivity index (χ4n) is 4.55. The highest BCUT2D eigenvalue weighted by Gasteiger charge is 2.48. The zero-order chi connectivity index (χ0) is 28.0. The molecule has 2 heterocycles. The molecule has 0 radical (unpaired) electrons. The van der Waals surface area contributed by atoms with Gasteiger partial charge in [0.1, 0.15) is 24.2 Å². The van der Waals surface area contributed by atoms with E-state index >= 15 is 0 Å². The van der Waals surface area contributed by atoms with Crippen LogP contribution in [0.3, 0.4) is 0 Å². The highest BCUT2D eigenvalue weighted by atomic mass is 35.5. The number of nitrogens with one attached hydrogen (secondary N) is 4. The third kappa shape index (κ3) is 6.75. The molecule has 0 unspecified atom stereocenters. The van der Waals surface area contributed by atoms with Crippen LogP contribution < -0.4 is 21.3 Å². The summed E-state index contributed by atoms with van der Waals surface area (Å²) in [6.45, 7) is 2.64. The Morgan fingerprint density at radius 2 is 1.45 bits per heavy atom. The van der Waals surface area contributed by atoms with Crippen molar-refractivity contribution in [2.75, 3.05) is 13.2 Å². The van der Waals surface area contributed by atoms with Crippen molar-refractivity contribution in [1.82, 2.24) is 26.2 Å². The molecule has 3 rings (SSSR count). The molecule has 1 aromatic carbocycles. The first-order valence-corrected chi connectivity index (χ1v) is 13.4. The van der Waals surface area contributed by atoms with E-state index in [2.05, 4.69) is 21.3 Å². The molecule has 2 fully saturated rings. The summed E-state index contributed by atoms with van der Waals surface area (Å²) in [7, 11) is 0. The normalized spacial score (nSPS) is 31.7. The summed E-state index contributed by atoms with van der Waals surface area (Å²) >= 11 is 12.8. The van der Waals surface area contributed by atoms with Gasteiger partial charge >= 0.3 is 0 Å². The minimum atomic E-state index is -1.34. The smallest absolute Gasteiger partial charge is 0.245 e. The zero-order valence-corrected chi connectivity index (χ0v) is 22.7. The summed E-state index contributed by atoms with van der Waals surface area (Å²) < 4.78 is 0. The van der Waals surface area contributed by atoms with Gasteiger partial charge in [-0.3, -0.25) is 24.0 Å². The number of rotatable bonds is 4. The van der Waals surface area contributed by atoms with Gasteiger partial charge in [-0.15, -0.1) is 23.2 Å². The fourth-order valence-corrected chi connectivity index (χ4v) is 5.17. The lowest BCUT2D eigenvalue weighted by Crippen LogP contribution is -2.60. The van der Waals surface area contributed by atoms with Gasteiger partial charge in [-0.25, -0.2) is 0 Å². The number of carbonyl (C=O) groups is 5. The van der Waals surface area contributed by atoms with Gasteiger partial charge in [-0.05, 0) is 18.4 Å². The lowest BCUT2D eigenvalue weighted by Gasteiger charge is -2.31. The van der Waals surface area contributed by atoms with Gasteiger partial charge in [0.2, 0.25) is 29.5 Å². The topological polar surface area (TPSA) is 157 Å². The molecule has 13 heteroatoms. The predicted molar refractivity (Wildman–Crippen MR) is 140 cm³/mol. The van der Waals surface area contributed by atoms with Crippen molar-refractivity contribution in [3.63, 3.8) is 0 Å². The van der Waals surface area contributed by atoms with Crippen LogP contribution >= 0.6 is 23.2 Å². The lowest BCUT2D eigenvalue weighted by atomic mass is 10.0. The monoisotopic (exact) mass is 569 g/mol. The van der Waals surface area contributed by atoms with E-state index in [1.54, 1.807) is 44.2 Å². The first-order valence-electron chi connectivity index (χ1n) is 12.6. The molecule has 2 saturated heterocycles. The second-order valence-electron chi connectivity index (χ2n) is 9.31. The number of fused-ring (bicyclic) bond motifs is 1. The Morgan fingerprint density at radius 3 is 2.05 bits per heavy atom. The van der Waals surface area contributed by atoms with Gasteiger partial charge < -0.3 is 31.3 Å². The van der Waals surface area contributed by atoms with E-state index < -0.39 is 77.1 Å². The Morgan fingerprint density at radius 1 is 0.842 bits per heavy atom. The molecule has 2 aliphatic rings. The molecule has 0 saturated carbocycles. The summed E-state index contributed by atoms with van der Waals surface area (Å²) in [5, 5.41) is 18.6. The summed E-state index contributed by atoms with van der Waals surface area (Å²) in [6, 6.07) is 3.36. The Hall–Kier alpha value is -2.89. The maximum Gasteiger partial charge on any atom is 0.245 e. The zero-order valence-electron chi connectivity index (χ0n) is 21.2. The average Bonchev–Trinajstić information content (AvgIpc) is 3.21. The number of nitrogens with zero attached hydrogens (tertiary/aromatic N) is 1. The number of carbonyl (C=O) groups excluding carboxylic acids is 5. The molecule has 38 heavy (non-hydrogen) atoms. The third-order valence-electron chi connectivity index (χ3n) is 6.71. The van der Waals surface area contributed by atoms with Crippen LogP contribution in [0, 0.1) is 0 Å². The molecule has 5 amide bonds. The summed E-state index contributed by atoms with van der Waals surface area (Å²) in [5.74, 6) is -3.16. The molecule has 0 aliphatic carbocycles. The van der Waals surface area contributed by atoms with Crippen LogP contribution in [0.2, 0.25) is 0 Å². The van der Waals surface area contributed by atoms with Gasteiger partial charge in [-0.1, -0.05) is 44.2 Å². The molecule has 5 N–H and O–H groups in total. The van der Waals surface area contributed by atoms with Crippen LogP contribution in [0.15, 0.2) is 30.3 Å². The molecule has 2 aliphatic heterocycles. The Bertz CT molecular complexity index is 1040. The van der Waals surface area contributed by atoms with Crippen LogP contribution in [-0.2, 0) is 24.0 Å².